The van der Waals surface area contributed by atoms with E-state index in [1.807, 2.05) is 4.90 Å². The fraction of sp³-hybridized carbons (Fsp3) is 0.571. The van der Waals surface area contributed by atoms with Gasteiger partial charge in [-0.15, -0.1) is 0 Å². The molecule has 0 amide bonds. The SMILES string of the molecule is CCCCN(c1c(N)cc(N)c(Cl)c1F)C(C)CC. The Bertz CT molecular complexity index is 437. The molecule has 1 rings (SSSR count). The molecule has 1 atom stereocenters. The molecule has 0 fully saturated rings. The molecule has 0 saturated carbocycles. The molecule has 0 heterocycles. The van der Waals surface area contributed by atoms with E-state index in [2.05, 4.69) is 20.8 Å². The number of hydrogen-bond donors (Lipinski definition) is 2. The van der Waals surface area contributed by atoms with Crippen LogP contribution < -0.4 is 16.4 Å². The summed E-state index contributed by atoms with van der Waals surface area (Å²) in [5, 5.41) is -0.0472. The maximum absolute atomic E-state index is 14.4. The van der Waals surface area contributed by atoms with Crippen molar-refractivity contribution in [2.75, 3.05) is 22.9 Å². The number of rotatable bonds is 6. The highest BCUT2D eigenvalue weighted by Gasteiger charge is 2.22. The van der Waals surface area contributed by atoms with Crippen LogP contribution in [0.1, 0.15) is 40.0 Å². The summed E-state index contributed by atoms with van der Waals surface area (Å²) in [5.41, 5.74) is 12.5. The zero-order valence-corrected chi connectivity index (χ0v) is 12.6. The van der Waals surface area contributed by atoms with Crippen LogP contribution in [-0.4, -0.2) is 12.6 Å². The van der Waals surface area contributed by atoms with Crippen LogP contribution in [0.5, 0.6) is 0 Å². The largest absolute Gasteiger partial charge is 0.397 e. The second kappa shape index (κ2) is 6.85. The first-order valence-electron chi connectivity index (χ1n) is 6.73. The van der Waals surface area contributed by atoms with Crippen LogP contribution in [0.3, 0.4) is 0 Å². The van der Waals surface area contributed by atoms with Crippen molar-refractivity contribution in [2.45, 2.75) is 46.1 Å². The van der Waals surface area contributed by atoms with Crippen molar-refractivity contribution in [3.63, 3.8) is 0 Å². The van der Waals surface area contributed by atoms with Gasteiger partial charge in [0.05, 0.1) is 17.1 Å². The number of unbranched alkanes of at least 4 members (excludes halogenated alkanes) is 1. The van der Waals surface area contributed by atoms with E-state index in [4.69, 9.17) is 23.1 Å². The summed E-state index contributed by atoms with van der Waals surface area (Å²) in [6.07, 6.45) is 2.92. The maximum Gasteiger partial charge on any atom is 0.169 e. The number of nitrogen functional groups attached to an aromatic ring is 2. The summed E-state index contributed by atoms with van der Waals surface area (Å²) in [7, 11) is 0. The average molecular weight is 288 g/mol. The lowest BCUT2D eigenvalue weighted by atomic mass is 10.1. The van der Waals surface area contributed by atoms with Gasteiger partial charge in [-0.2, -0.15) is 0 Å². The molecule has 19 heavy (non-hydrogen) atoms. The first-order chi connectivity index (χ1) is 8.93. The molecular weight excluding hydrogens is 265 g/mol. The van der Waals surface area contributed by atoms with Gasteiger partial charge in [-0.3, -0.25) is 0 Å². The first-order valence-corrected chi connectivity index (χ1v) is 7.11. The van der Waals surface area contributed by atoms with Gasteiger partial charge in [0, 0.05) is 12.6 Å². The predicted molar refractivity (Wildman–Crippen MR) is 82.2 cm³/mol. The summed E-state index contributed by atoms with van der Waals surface area (Å²) in [6, 6.07) is 1.73. The molecule has 1 unspecified atom stereocenters. The van der Waals surface area contributed by atoms with Crippen LogP contribution in [0.2, 0.25) is 5.02 Å². The molecule has 1 aromatic carbocycles. The number of nitrogens with two attached hydrogens (primary N) is 2. The van der Waals surface area contributed by atoms with Crippen LogP contribution in [0.25, 0.3) is 0 Å². The Morgan fingerprint density at radius 3 is 2.47 bits per heavy atom. The van der Waals surface area contributed by atoms with E-state index >= 15 is 0 Å². The molecule has 1 aromatic rings. The monoisotopic (exact) mass is 287 g/mol. The van der Waals surface area contributed by atoms with Crippen LogP contribution >= 0.6 is 11.6 Å². The van der Waals surface area contributed by atoms with Gasteiger partial charge in [-0.1, -0.05) is 31.9 Å². The van der Waals surface area contributed by atoms with E-state index < -0.39 is 5.82 Å². The molecule has 0 aliphatic rings. The van der Waals surface area contributed by atoms with Crippen molar-refractivity contribution in [1.29, 1.82) is 0 Å². The third kappa shape index (κ3) is 3.44. The van der Waals surface area contributed by atoms with Crippen molar-refractivity contribution in [3.05, 3.63) is 16.9 Å². The van der Waals surface area contributed by atoms with Gasteiger partial charge in [0.15, 0.2) is 5.82 Å². The van der Waals surface area contributed by atoms with Crippen LogP contribution in [0.4, 0.5) is 21.5 Å². The highest BCUT2D eigenvalue weighted by atomic mass is 35.5. The summed E-state index contributed by atoms with van der Waals surface area (Å²) >= 11 is 5.90. The van der Waals surface area contributed by atoms with Crippen LogP contribution in [-0.2, 0) is 0 Å². The summed E-state index contributed by atoms with van der Waals surface area (Å²) in [6.45, 7) is 6.98. The minimum atomic E-state index is -0.518. The third-order valence-electron chi connectivity index (χ3n) is 3.40. The van der Waals surface area contributed by atoms with Crippen molar-refractivity contribution in [1.82, 2.24) is 0 Å². The molecule has 3 nitrogen and oxygen atoms in total. The van der Waals surface area contributed by atoms with E-state index in [1.165, 1.54) is 6.07 Å². The lowest BCUT2D eigenvalue weighted by Crippen LogP contribution is -2.35. The normalized spacial score (nSPS) is 12.5. The second-order valence-electron chi connectivity index (χ2n) is 4.84. The number of halogens is 2. The van der Waals surface area contributed by atoms with Gasteiger partial charge in [-0.05, 0) is 25.8 Å². The molecular formula is C14H23ClFN3. The van der Waals surface area contributed by atoms with Crippen molar-refractivity contribution >= 4 is 28.7 Å². The lowest BCUT2D eigenvalue weighted by Gasteiger charge is -2.32. The molecule has 0 bridgehead atoms. The quantitative estimate of drug-likeness (QED) is 0.776. The smallest absolute Gasteiger partial charge is 0.169 e. The van der Waals surface area contributed by atoms with Crippen LogP contribution in [0, 0.1) is 5.82 Å². The fourth-order valence-corrected chi connectivity index (χ4v) is 2.19. The van der Waals surface area contributed by atoms with Gasteiger partial charge in [-0.25, -0.2) is 4.39 Å². The standard InChI is InChI=1S/C14H23ClFN3/c1-4-6-7-19(9(3)5-2)14-11(18)8-10(17)12(15)13(14)16/h8-9H,4-7,17-18H2,1-3H3. The molecule has 0 aliphatic heterocycles. The van der Waals surface area contributed by atoms with Gasteiger partial charge < -0.3 is 16.4 Å². The summed E-state index contributed by atoms with van der Waals surface area (Å²) in [4.78, 5) is 1.99. The Labute approximate surface area is 119 Å². The lowest BCUT2D eigenvalue weighted by molar-refractivity contribution is 0.566. The van der Waals surface area contributed by atoms with Crippen molar-refractivity contribution < 1.29 is 4.39 Å². The third-order valence-corrected chi connectivity index (χ3v) is 3.79. The predicted octanol–water partition coefficient (Wildman–Crippen LogP) is 4.05. The Balaban J connectivity index is 3.25. The topological polar surface area (TPSA) is 55.3 Å². The minimum Gasteiger partial charge on any atom is -0.397 e. The second-order valence-corrected chi connectivity index (χ2v) is 5.21. The zero-order valence-electron chi connectivity index (χ0n) is 11.8. The van der Waals surface area contributed by atoms with E-state index in [0.29, 0.717) is 11.4 Å². The summed E-state index contributed by atoms with van der Waals surface area (Å²) in [5.74, 6) is -0.518. The highest BCUT2D eigenvalue weighted by molar-refractivity contribution is 6.33. The minimum absolute atomic E-state index is 0.0472. The zero-order chi connectivity index (χ0) is 14.6. The molecule has 0 spiro atoms. The van der Waals surface area contributed by atoms with Gasteiger partial charge in [0.25, 0.3) is 0 Å². The Morgan fingerprint density at radius 2 is 1.95 bits per heavy atom. The Kier molecular flexibility index (Phi) is 5.73. The van der Waals surface area contributed by atoms with E-state index in [0.717, 1.165) is 25.8 Å². The van der Waals surface area contributed by atoms with E-state index in [1.54, 1.807) is 0 Å². The van der Waals surface area contributed by atoms with Crippen molar-refractivity contribution in [3.8, 4) is 0 Å². The molecule has 4 N–H and O–H groups in total. The Hall–Kier alpha value is -1.16. The number of nitrogens with zero attached hydrogens (tertiary/aromatic N) is 1. The average Bonchev–Trinajstić information content (AvgIpc) is 2.39. The first kappa shape index (κ1) is 15.9. The molecule has 0 saturated heterocycles. The number of hydrogen-bond acceptors (Lipinski definition) is 3. The van der Waals surface area contributed by atoms with Crippen LogP contribution in [0.15, 0.2) is 6.07 Å². The molecule has 5 heteroatoms. The molecule has 108 valence electrons. The molecule has 0 aromatic heterocycles. The molecule has 0 radical (unpaired) electrons. The number of anilines is 3. The van der Waals surface area contributed by atoms with Gasteiger partial charge in [0.2, 0.25) is 0 Å². The summed E-state index contributed by atoms with van der Waals surface area (Å²) < 4.78 is 14.4. The van der Waals surface area contributed by atoms with Gasteiger partial charge >= 0.3 is 0 Å². The number of benzene rings is 1. The fourth-order valence-electron chi connectivity index (χ4n) is 2.05. The van der Waals surface area contributed by atoms with E-state index in [9.17, 15) is 4.39 Å². The Morgan fingerprint density at radius 1 is 1.32 bits per heavy atom. The highest BCUT2D eigenvalue weighted by Crippen LogP contribution is 2.37. The molecule has 0 aliphatic carbocycles. The van der Waals surface area contributed by atoms with Crippen molar-refractivity contribution in [2.24, 2.45) is 0 Å². The van der Waals surface area contributed by atoms with E-state index in [-0.39, 0.29) is 16.8 Å². The van der Waals surface area contributed by atoms with Gasteiger partial charge in [0.1, 0.15) is 5.02 Å². The maximum atomic E-state index is 14.4.